The van der Waals surface area contributed by atoms with Crippen LogP contribution in [0.5, 0.6) is 11.6 Å². The molecule has 3 nitrogen and oxygen atoms in total. The maximum atomic E-state index is 6.27. The van der Waals surface area contributed by atoms with Crippen LogP contribution in [0.4, 0.5) is 0 Å². The molecule has 0 atom stereocenters. The number of aryl methyl sites for hydroxylation is 1. The molecule has 1 aromatic carbocycles. The van der Waals surface area contributed by atoms with Crippen LogP contribution in [0.15, 0.2) is 36.5 Å². The Morgan fingerprint density at radius 1 is 1.24 bits per heavy atom. The Balaban J connectivity index is 2.10. The number of benzene rings is 1. The summed E-state index contributed by atoms with van der Waals surface area (Å²) in [7, 11) is 0. The van der Waals surface area contributed by atoms with Gasteiger partial charge in [0.2, 0.25) is 5.88 Å². The Labute approximate surface area is 131 Å². The molecule has 0 aliphatic rings. The van der Waals surface area contributed by atoms with Crippen LogP contribution in [0, 0.1) is 0 Å². The number of rotatable bonds is 7. The molecule has 0 aliphatic carbocycles. The lowest BCUT2D eigenvalue weighted by Gasteiger charge is -2.11. The van der Waals surface area contributed by atoms with E-state index in [1.54, 1.807) is 6.20 Å². The number of nitrogens with zero attached hydrogens (tertiary/aromatic N) is 1. The van der Waals surface area contributed by atoms with E-state index in [-0.39, 0.29) is 0 Å². The Morgan fingerprint density at radius 2 is 2.05 bits per heavy atom. The summed E-state index contributed by atoms with van der Waals surface area (Å²) >= 11 is 6.27. The van der Waals surface area contributed by atoms with E-state index in [9.17, 15) is 0 Å². The summed E-state index contributed by atoms with van der Waals surface area (Å²) < 4.78 is 5.85. The van der Waals surface area contributed by atoms with Crippen molar-refractivity contribution in [3.05, 3.63) is 52.7 Å². The zero-order valence-corrected chi connectivity index (χ0v) is 13.3. The van der Waals surface area contributed by atoms with E-state index in [1.807, 2.05) is 30.3 Å². The Bertz CT molecular complexity index is 587. The fraction of sp³-hybridized carbons (Fsp3) is 0.353. The third kappa shape index (κ3) is 4.45. The van der Waals surface area contributed by atoms with Crippen LogP contribution in [-0.2, 0) is 13.0 Å². The molecule has 2 rings (SSSR count). The predicted octanol–water partition coefficient (Wildman–Crippen LogP) is 4.59. The summed E-state index contributed by atoms with van der Waals surface area (Å²) in [6.07, 6.45) is 3.82. The monoisotopic (exact) mass is 304 g/mol. The van der Waals surface area contributed by atoms with Crippen LogP contribution in [-0.4, -0.2) is 11.5 Å². The van der Waals surface area contributed by atoms with Crippen molar-refractivity contribution < 1.29 is 4.74 Å². The van der Waals surface area contributed by atoms with Gasteiger partial charge in [0.05, 0.1) is 0 Å². The van der Waals surface area contributed by atoms with Crippen molar-refractivity contribution in [3.63, 3.8) is 0 Å². The van der Waals surface area contributed by atoms with Crippen LogP contribution in [0.3, 0.4) is 0 Å². The summed E-state index contributed by atoms with van der Waals surface area (Å²) in [5.74, 6) is 1.27. The van der Waals surface area contributed by atoms with Gasteiger partial charge < -0.3 is 10.1 Å². The van der Waals surface area contributed by atoms with E-state index in [2.05, 4.69) is 24.1 Å². The van der Waals surface area contributed by atoms with Crippen molar-refractivity contribution in [1.82, 2.24) is 10.3 Å². The van der Waals surface area contributed by atoms with Crippen molar-refractivity contribution in [2.45, 2.75) is 33.2 Å². The Morgan fingerprint density at radius 3 is 2.76 bits per heavy atom. The first-order chi connectivity index (χ1) is 10.2. The minimum Gasteiger partial charge on any atom is -0.437 e. The molecule has 112 valence electrons. The molecule has 0 aliphatic heterocycles. The number of para-hydroxylation sites is 1. The third-order valence-corrected chi connectivity index (χ3v) is 3.45. The highest BCUT2D eigenvalue weighted by Crippen LogP contribution is 2.29. The van der Waals surface area contributed by atoms with Crippen molar-refractivity contribution in [1.29, 1.82) is 0 Å². The van der Waals surface area contributed by atoms with E-state index in [4.69, 9.17) is 16.3 Å². The maximum absolute atomic E-state index is 6.27. The largest absolute Gasteiger partial charge is 0.437 e. The van der Waals surface area contributed by atoms with Crippen LogP contribution in [0.1, 0.15) is 31.4 Å². The average molecular weight is 305 g/mol. The van der Waals surface area contributed by atoms with Crippen molar-refractivity contribution in [2.24, 2.45) is 0 Å². The van der Waals surface area contributed by atoms with E-state index >= 15 is 0 Å². The van der Waals surface area contributed by atoms with E-state index in [0.29, 0.717) is 10.9 Å². The Kier molecular flexibility index (Phi) is 6.03. The first-order valence-corrected chi connectivity index (χ1v) is 7.73. The van der Waals surface area contributed by atoms with Crippen LogP contribution < -0.4 is 10.1 Å². The topological polar surface area (TPSA) is 34.2 Å². The first kappa shape index (κ1) is 15.8. The molecule has 1 N–H and O–H groups in total. The van der Waals surface area contributed by atoms with Gasteiger partial charge in [-0.1, -0.05) is 43.6 Å². The van der Waals surface area contributed by atoms with Crippen molar-refractivity contribution >= 4 is 11.6 Å². The molecule has 0 radical (unpaired) electrons. The van der Waals surface area contributed by atoms with Crippen LogP contribution >= 0.6 is 11.6 Å². The summed E-state index contributed by atoms with van der Waals surface area (Å²) in [4.78, 5) is 4.33. The minimum absolute atomic E-state index is 0.455. The van der Waals surface area contributed by atoms with E-state index < -0.39 is 0 Å². The third-order valence-electron chi connectivity index (χ3n) is 3.18. The molecule has 1 heterocycles. The molecule has 1 aromatic heterocycles. The van der Waals surface area contributed by atoms with E-state index in [0.717, 1.165) is 42.8 Å². The molecule has 4 heteroatoms. The number of ether oxygens (including phenoxy) is 1. The van der Waals surface area contributed by atoms with Gasteiger partial charge in [0.15, 0.2) is 0 Å². The molecule has 0 fully saturated rings. The summed E-state index contributed by atoms with van der Waals surface area (Å²) in [6.45, 7) is 5.99. The molecule has 2 aromatic rings. The van der Waals surface area contributed by atoms with Gasteiger partial charge in [-0.3, -0.25) is 0 Å². The Hall–Kier alpha value is -1.58. The second kappa shape index (κ2) is 8.01. The van der Waals surface area contributed by atoms with Crippen molar-refractivity contribution in [2.75, 3.05) is 6.54 Å². The maximum Gasteiger partial charge on any atom is 0.238 e. The number of hydrogen-bond donors (Lipinski definition) is 1. The predicted molar refractivity (Wildman–Crippen MR) is 87.1 cm³/mol. The molecule has 0 amide bonds. The summed E-state index contributed by atoms with van der Waals surface area (Å²) in [5.41, 5.74) is 2.20. The summed E-state index contributed by atoms with van der Waals surface area (Å²) in [5, 5.41) is 3.87. The molecule has 0 saturated carbocycles. The smallest absolute Gasteiger partial charge is 0.238 e. The minimum atomic E-state index is 0.455. The average Bonchev–Trinajstić information content (AvgIpc) is 2.50. The molecule has 0 bridgehead atoms. The quantitative estimate of drug-likeness (QED) is 0.760. The highest BCUT2D eigenvalue weighted by molar-refractivity contribution is 6.31. The highest BCUT2D eigenvalue weighted by Gasteiger charge is 2.08. The number of hydrogen-bond acceptors (Lipinski definition) is 3. The molecule has 0 saturated heterocycles. The van der Waals surface area contributed by atoms with Crippen LogP contribution in [0.2, 0.25) is 5.02 Å². The van der Waals surface area contributed by atoms with Gasteiger partial charge in [0.25, 0.3) is 0 Å². The molecule has 21 heavy (non-hydrogen) atoms. The SMILES string of the molecule is CCCNCc1cnc(Oc2ccccc2CC)c(Cl)c1. The fourth-order valence-corrected chi connectivity index (χ4v) is 2.27. The summed E-state index contributed by atoms with van der Waals surface area (Å²) in [6, 6.07) is 9.84. The van der Waals surface area contributed by atoms with Gasteiger partial charge >= 0.3 is 0 Å². The lowest BCUT2D eigenvalue weighted by molar-refractivity contribution is 0.457. The second-order valence-corrected chi connectivity index (χ2v) is 5.28. The van der Waals surface area contributed by atoms with Gasteiger partial charge in [0, 0.05) is 12.7 Å². The van der Waals surface area contributed by atoms with Gasteiger partial charge in [-0.25, -0.2) is 4.98 Å². The lowest BCUT2D eigenvalue weighted by atomic mass is 10.1. The highest BCUT2D eigenvalue weighted by atomic mass is 35.5. The van der Waals surface area contributed by atoms with Gasteiger partial charge in [-0.15, -0.1) is 0 Å². The second-order valence-electron chi connectivity index (χ2n) is 4.87. The number of halogens is 1. The normalized spacial score (nSPS) is 10.6. The van der Waals surface area contributed by atoms with Crippen LogP contribution in [0.25, 0.3) is 0 Å². The standard InChI is InChI=1S/C17H21ClN2O/c1-3-9-19-11-13-10-15(18)17(20-12-13)21-16-8-6-5-7-14(16)4-2/h5-8,10,12,19H,3-4,9,11H2,1-2H3. The number of pyridine rings is 1. The van der Waals surface area contributed by atoms with Crippen molar-refractivity contribution in [3.8, 4) is 11.6 Å². The van der Waals surface area contributed by atoms with Gasteiger partial charge in [-0.05, 0) is 42.6 Å². The molecule has 0 unspecified atom stereocenters. The molecule has 0 spiro atoms. The van der Waals surface area contributed by atoms with E-state index in [1.165, 1.54) is 0 Å². The molecular weight excluding hydrogens is 284 g/mol. The van der Waals surface area contributed by atoms with Gasteiger partial charge in [0.1, 0.15) is 10.8 Å². The molecular formula is C17H21ClN2O. The zero-order chi connectivity index (χ0) is 15.1. The number of nitrogens with one attached hydrogen (secondary N) is 1. The number of aromatic nitrogens is 1. The zero-order valence-electron chi connectivity index (χ0n) is 12.5. The lowest BCUT2D eigenvalue weighted by Crippen LogP contribution is -2.13. The first-order valence-electron chi connectivity index (χ1n) is 7.35. The fourth-order valence-electron chi connectivity index (χ4n) is 2.05. The van der Waals surface area contributed by atoms with Gasteiger partial charge in [-0.2, -0.15) is 0 Å².